The lowest BCUT2D eigenvalue weighted by Gasteiger charge is -2.27. The number of nitrogens with one attached hydrogen (secondary N) is 1. The Bertz CT molecular complexity index is 289. The lowest BCUT2D eigenvalue weighted by atomic mass is 9.83. The quantitative estimate of drug-likeness (QED) is 0.866. The molecular weight excluding hydrogens is 216 g/mol. The third kappa shape index (κ3) is 3.29. The van der Waals surface area contributed by atoms with E-state index >= 15 is 0 Å². The maximum atomic E-state index is 4.35. The van der Waals surface area contributed by atoms with Crippen LogP contribution in [0.2, 0.25) is 0 Å². The largest absolute Gasteiger partial charge is 0.309 e. The van der Waals surface area contributed by atoms with Gasteiger partial charge in [0.05, 0.1) is 11.2 Å². The van der Waals surface area contributed by atoms with Gasteiger partial charge in [0.2, 0.25) is 0 Å². The fourth-order valence-corrected chi connectivity index (χ4v) is 3.06. The molecule has 1 unspecified atom stereocenters. The number of rotatable bonds is 4. The van der Waals surface area contributed by atoms with Crippen molar-refractivity contribution in [2.45, 2.75) is 45.6 Å². The van der Waals surface area contributed by atoms with Crippen molar-refractivity contribution in [3.63, 3.8) is 0 Å². The first-order valence-corrected chi connectivity index (χ1v) is 7.31. The van der Waals surface area contributed by atoms with Crippen LogP contribution in [0, 0.1) is 11.8 Å². The van der Waals surface area contributed by atoms with Gasteiger partial charge in [-0.25, -0.2) is 4.98 Å². The maximum absolute atomic E-state index is 4.35. The van der Waals surface area contributed by atoms with Gasteiger partial charge in [-0.05, 0) is 38.1 Å². The summed E-state index contributed by atoms with van der Waals surface area (Å²) in [5.41, 5.74) is 3.10. The standard InChI is InChI=1S/C13H22N2S/c1-10-3-5-12(6-4-10)7-14-11(2)13-8-16-9-15-13/h8-12,14H,3-7H2,1-2H3. The number of thiazole rings is 1. The lowest BCUT2D eigenvalue weighted by molar-refractivity contribution is 0.275. The second-order valence-electron chi connectivity index (χ2n) is 5.17. The molecule has 0 bridgehead atoms. The molecule has 0 aliphatic heterocycles. The van der Waals surface area contributed by atoms with Crippen LogP contribution >= 0.6 is 11.3 Å². The van der Waals surface area contributed by atoms with Crippen LogP contribution in [0.3, 0.4) is 0 Å². The van der Waals surface area contributed by atoms with E-state index in [9.17, 15) is 0 Å². The van der Waals surface area contributed by atoms with Crippen molar-refractivity contribution in [3.8, 4) is 0 Å². The molecule has 1 aromatic rings. The number of hydrogen-bond donors (Lipinski definition) is 1. The molecule has 2 nitrogen and oxygen atoms in total. The Hall–Kier alpha value is -0.410. The van der Waals surface area contributed by atoms with E-state index in [-0.39, 0.29) is 0 Å². The van der Waals surface area contributed by atoms with E-state index in [4.69, 9.17) is 0 Å². The maximum Gasteiger partial charge on any atom is 0.0795 e. The third-order valence-corrected chi connectivity index (χ3v) is 4.35. The number of nitrogens with zero attached hydrogens (tertiary/aromatic N) is 1. The van der Waals surface area contributed by atoms with Crippen molar-refractivity contribution in [2.24, 2.45) is 11.8 Å². The molecule has 1 saturated carbocycles. The SMILES string of the molecule is CC1CCC(CNC(C)c2cscn2)CC1. The minimum absolute atomic E-state index is 0.408. The van der Waals surface area contributed by atoms with E-state index in [0.29, 0.717) is 6.04 Å². The second-order valence-corrected chi connectivity index (χ2v) is 5.89. The summed E-state index contributed by atoms with van der Waals surface area (Å²) in [5.74, 6) is 1.84. The van der Waals surface area contributed by atoms with Crippen LogP contribution < -0.4 is 5.32 Å². The van der Waals surface area contributed by atoms with Crippen LogP contribution in [-0.4, -0.2) is 11.5 Å². The summed E-state index contributed by atoms with van der Waals surface area (Å²) in [7, 11) is 0. The average molecular weight is 238 g/mol. The van der Waals surface area contributed by atoms with E-state index in [2.05, 4.69) is 29.5 Å². The van der Waals surface area contributed by atoms with Crippen molar-refractivity contribution in [2.75, 3.05) is 6.54 Å². The van der Waals surface area contributed by atoms with Crippen LogP contribution in [0.25, 0.3) is 0 Å². The highest BCUT2D eigenvalue weighted by atomic mass is 32.1. The first-order valence-electron chi connectivity index (χ1n) is 6.37. The molecule has 1 atom stereocenters. The molecule has 0 saturated heterocycles. The summed E-state index contributed by atoms with van der Waals surface area (Å²) in [6, 6.07) is 0.408. The molecule has 0 amide bonds. The van der Waals surface area contributed by atoms with Gasteiger partial charge in [0.1, 0.15) is 0 Å². The first kappa shape index (κ1) is 12.1. The molecule has 16 heavy (non-hydrogen) atoms. The molecule has 0 aromatic carbocycles. The Morgan fingerprint density at radius 1 is 1.44 bits per heavy atom. The van der Waals surface area contributed by atoms with Crippen LogP contribution in [0.5, 0.6) is 0 Å². The normalized spacial score (nSPS) is 27.9. The lowest BCUT2D eigenvalue weighted by Crippen LogP contribution is -2.28. The topological polar surface area (TPSA) is 24.9 Å². The molecule has 1 heterocycles. The molecule has 1 aliphatic carbocycles. The van der Waals surface area contributed by atoms with E-state index in [1.165, 1.54) is 31.4 Å². The Morgan fingerprint density at radius 3 is 2.81 bits per heavy atom. The number of hydrogen-bond acceptors (Lipinski definition) is 3. The molecule has 2 rings (SSSR count). The Kier molecular flexibility index (Phi) is 4.36. The van der Waals surface area contributed by atoms with Crippen molar-refractivity contribution in [1.29, 1.82) is 0 Å². The van der Waals surface area contributed by atoms with Crippen LogP contribution in [0.4, 0.5) is 0 Å². The van der Waals surface area contributed by atoms with E-state index in [1.54, 1.807) is 11.3 Å². The molecule has 1 fully saturated rings. The minimum atomic E-state index is 0.408. The van der Waals surface area contributed by atoms with Crippen molar-refractivity contribution >= 4 is 11.3 Å². The zero-order valence-electron chi connectivity index (χ0n) is 10.3. The zero-order chi connectivity index (χ0) is 11.4. The third-order valence-electron chi connectivity index (χ3n) is 3.74. The van der Waals surface area contributed by atoms with Gasteiger partial charge in [0, 0.05) is 11.4 Å². The second kappa shape index (κ2) is 5.78. The molecule has 0 radical (unpaired) electrons. The molecule has 1 aromatic heterocycles. The zero-order valence-corrected chi connectivity index (χ0v) is 11.1. The highest BCUT2D eigenvalue weighted by Crippen LogP contribution is 2.28. The highest BCUT2D eigenvalue weighted by Gasteiger charge is 2.18. The molecule has 90 valence electrons. The van der Waals surface area contributed by atoms with Gasteiger partial charge >= 0.3 is 0 Å². The van der Waals surface area contributed by atoms with Crippen molar-refractivity contribution < 1.29 is 0 Å². The summed E-state index contributed by atoms with van der Waals surface area (Å²) < 4.78 is 0. The smallest absolute Gasteiger partial charge is 0.0795 e. The van der Waals surface area contributed by atoms with E-state index in [0.717, 1.165) is 18.4 Å². The fourth-order valence-electron chi connectivity index (χ4n) is 2.42. The predicted octanol–water partition coefficient (Wildman–Crippen LogP) is 3.62. The van der Waals surface area contributed by atoms with Gasteiger partial charge in [-0.15, -0.1) is 11.3 Å². The molecule has 1 aliphatic rings. The van der Waals surface area contributed by atoms with Crippen LogP contribution in [0.1, 0.15) is 51.3 Å². The van der Waals surface area contributed by atoms with E-state index < -0.39 is 0 Å². The van der Waals surface area contributed by atoms with Crippen molar-refractivity contribution in [1.82, 2.24) is 10.3 Å². The summed E-state index contributed by atoms with van der Waals surface area (Å²) in [6.45, 7) is 5.74. The first-order chi connectivity index (χ1) is 7.75. The monoisotopic (exact) mass is 238 g/mol. The van der Waals surface area contributed by atoms with Gasteiger partial charge in [0.25, 0.3) is 0 Å². The Balaban J connectivity index is 1.71. The molecule has 1 N–H and O–H groups in total. The molecule has 0 spiro atoms. The summed E-state index contributed by atoms with van der Waals surface area (Å²) in [4.78, 5) is 4.35. The Morgan fingerprint density at radius 2 is 2.19 bits per heavy atom. The Labute approximate surface area is 102 Å². The molecule has 3 heteroatoms. The summed E-state index contributed by atoms with van der Waals surface area (Å²) in [6.07, 6.45) is 5.63. The van der Waals surface area contributed by atoms with Gasteiger partial charge in [0.15, 0.2) is 0 Å². The van der Waals surface area contributed by atoms with Gasteiger partial charge in [-0.1, -0.05) is 19.8 Å². The average Bonchev–Trinajstić information content (AvgIpc) is 2.81. The van der Waals surface area contributed by atoms with Crippen LogP contribution in [0.15, 0.2) is 10.9 Å². The predicted molar refractivity (Wildman–Crippen MR) is 69.7 cm³/mol. The molecular formula is C13H22N2S. The van der Waals surface area contributed by atoms with Gasteiger partial charge in [-0.3, -0.25) is 0 Å². The summed E-state index contributed by atoms with van der Waals surface area (Å²) in [5, 5.41) is 5.75. The van der Waals surface area contributed by atoms with Crippen LogP contribution in [-0.2, 0) is 0 Å². The van der Waals surface area contributed by atoms with Gasteiger partial charge < -0.3 is 5.32 Å². The van der Waals surface area contributed by atoms with Gasteiger partial charge in [-0.2, -0.15) is 0 Å². The minimum Gasteiger partial charge on any atom is -0.309 e. The fraction of sp³-hybridized carbons (Fsp3) is 0.769. The highest BCUT2D eigenvalue weighted by molar-refractivity contribution is 7.07. The number of aromatic nitrogens is 1. The van der Waals surface area contributed by atoms with Crippen molar-refractivity contribution in [3.05, 3.63) is 16.6 Å². The summed E-state index contributed by atoms with van der Waals surface area (Å²) >= 11 is 1.68. The van der Waals surface area contributed by atoms with E-state index in [1.807, 2.05) is 5.51 Å².